The Hall–Kier alpha value is -3.01. The molecule has 1 heterocycles. The van der Waals surface area contributed by atoms with E-state index in [0.29, 0.717) is 55.5 Å². The van der Waals surface area contributed by atoms with Crippen LogP contribution in [0, 0.1) is 0 Å². The van der Waals surface area contributed by atoms with Crippen LogP contribution in [0.15, 0.2) is 48.5 Å². The maximum Gasteiger partial charge on any atom is 0.257 e. The number of ether oxygens (including phenoxy) is 2. The Morgan fingerprint density at radius 1 is 1.00 bits per heavy atom. The third-order valence-electron chi connectivity index (χ3n) is 5.18. The molecule has 0 radical (unpaired) electrons. The molecule has 0 spiro atoms. The van der Waals surface area contributed by atoms with Crippen molar-refractivity contribution < 1.29 is 19.1 Å². The van der Waals surface area contributed by atoms with Crippen molar-refractivity contribution in [3.8, 4) is 5.75 Å². The highest BCUT2D eigenvalue weighted by Gasteiger charge is 2.20. The van der Waals surface area contributed by atoms with E-state index in [2.05, 4.69) is 15.5 Å². The predicted molar refractivity (Wildman–Crippen MR) is 132 cm³/mol. The van der Waals surface area contributed by atoms with E-state index in [-0.39, 0.29) is 16.9 Å². The van der Waals surface area contributed by atoms with Crippen LogP contribution in [0.2, 0.25) is 0 Å². The van der Waals surface area contributed by atoms with E-state index < -0.39 is 0 Å². The van der Waals surface area contributed by atoms with Crippen LogP contribution in [0.1, 0.15) is 27.6 Å². The van der Waals surface area contributed by atoms with E-state index in [0.717, 1.165) is 13.1 Å². The number of carbonyl (C=O) groups excluding carboxylic acids is 2. The molecule has 2 aromatic carbocycles. The third-order valence-corrected chi connectivity index (χ3v) is 5.39. The summed E-state index contributed by atoms with van der Waals surface area (Å²) in [5, 5.41) is 5.79. The lowest BCUT2D eigenvalue weighted by Gasteiger charge is -2.32. The fourth-order valence-electron chi connectivity index (χ4n) is 3.35. The lowest BCUT2D eigenvalue weighted by molar-refractivity contribution is 0.0664. The smallest absolute Gasteiger partial charge is 0.257 e. The summed E-state index contributed by atoms with van der Waals surface area (Å²) in [6.07, 6.45) is 0. The van der Waals surface area contributed by atoms with Crippen molar-refractivity contribution in [2.45, 2.75) is 6.92 Å². The van der Waals surface area contributed by atoms with Crippen LogP contribution >= 0.6 is 12.2 Å². The van der Waals surface area contributed by atoms with Gasteiger partial charge in [-0.15, -0.1) is 0 Å². The highest BCUT2D eigenvalue weighted by atomic mass is 32.1. The Morgan fingerprint density at radius 2 is 1.73 bits per heavy atom. The van der Waals surface area contributed by atoms with Gasteiger partial charge >= 0.3 is 0 Å². The number of anilines is 1. The van der Waals surface area contributed by atoms with Crippen LogP contribution in [0.3, 0.4) is 0 Å². The van der Waals surface area contributed by atoms with Gasteiger partial charge < -0.3 is 24.6 Å². The molecule has 2 N–H and O–H groups in total. The van der Waals surface area contributed by atoms with Crippen molar-refractivity contribution in [3.05, 3.63) is 59.7 Å². The number of piperazine rings is 1. The average molecular weight is 471 g/mol. The Kier molecular flexibility index (Phi) is 9.17. The summed E-state index contributed by atoms with van der Waals surface area (Å²) in [4.78, 5) is 29.5. The third kappa shape index (κ3) is 7.52. The maximum atomic E-state index is 12.8. The van der Waals surface area contributed by atoms with Gasteiger partial charge in [0.05, 0.1) is 6.61 Å². The minimum absolute atomic E-state index is 0.0112. The Morgan fingerprint density at radius 3 is 2.48 bits per heavy atom. The van der Waals surface area contributed by atoms with E-state index in [9.17, 15) is 9.59 Å². The number of likely N-dealkylation sites (N-methyl/N-ethyl adjacent to an activating group) is 1. The number of carbonyl (C=O) groups is 2. The van der Waals surface area contributed by atoms with E-state index in [1.807, 2.05) is 18.9 Å². The number of hydrogen-bond acceptors (Lipinski definition) is 6. The van der Waals surface area contributed by atoms with Gasteiger partial charge in [-0.25, -0.2) is 0 Å². The SMILES string of the molecule is CCOCCOc1cccc(C(=O)NC(=S)Nc2cccc(C(=O)N3CCN(C)CC3)c2)c1. The summed E-state index contributed by atoms with van der Waals surface area (Å²) in [5.41, 5.74) is 1.64. The second kappa shape index (κ2) is 12.3. The summed E-state index contributed by atoms with van der Waals surface area (Å²) >= 11 is 5.30. The highest BCUT2D eigenvalue weighted by molar-refractivity contribution is 7.80. The summed E-state index contributed by atoms with van der Waals surface area (Å²) in [5.74, 6) is 0.214. The molecular formula is C24H30N4O4S. The first-order valence-electron chi connectivity index (χ1n) is 11.0. The summed E-state index contributed by atoms with van der Waals surface area (Å²) in [7, 11) is 2.05. The van der Waals surface area contributed by atoms with E-state index in [4.69, 9.17) is 21.7 Å². The molecule has 0 aromatic heterocycles. The van der Waals surface area contributed by atoms with Gasteiger partial charge in [-0.2, -0.15) is 0 Å². The van der Waals surface area contributed by atoms with Crippen molar-refractivity contribution in [2.24, 2.45) is 0 Å². The van der Waals surface area contributed by atoms with E-state index >= 15 is 0 Å². The molecule has 3 rings (SSSR count). The molecule has 0 saturated carbocycles. The monoisotopic (exact) mass is 470 g/mol. The van der Waals surface area contributed by atoms with Gasteiger partial charge in [-0.3, -0.25) is 14.9 Å². The number of nitrogens with zero attached hydrogens (tertiary/aromatic N) is 2. The Labute approximate surface area is 199 Å². The first-order valence-corrected chi connectivity index (χ1v) is 11.4. The molecule has 33 heavy (non-hydrogen) atoms. The van der Waals surface area contributed by atoms with Crippen LogP contribution in [-0.4, -0.2) is 79.8 Å². The summed E-state index contributed by atoms with van der Waals surface area (Å²) in [6.45, 7) is 6.56. The van der Waals surface area contributed by atoms with Crippen LogP contribution in [0.4, 0.5) is 5.69 Å². The number of nitrogens with one attached hydrogen (secondary N) is 2. The molecule has 8 nitrogen and oxygen atoms in total. The molecule has 1 aliphatic heterocycles. The van der Waals surface area contributed by atoms with Crippen molar-refractivity contribution in [1.29, 1.82) is 0 Å². The van der Waals surface area contributed by atoms with Crippen molar-refractivity contribution in [3.63, 3.8) is 0 Å². The lowest BCUT2D eigenvalue weighted by Crippen LogP contribution is -2.47. The highest BCUT2D eigenvalue weighted by Crippen LogP contribution is 2.15. The van der Waals surface area contributed by atoms with Gasteiger partial charge in [0.2, 0.25) is 0 Å². The summed E-state index contributed by atoms with van der Waals surface area (Å²) < 4.78 is 10.8. The first kappa shape index (κ1) is 24.6. The van der Waals surface area contributed by atoms with E-state index in [1.165, 1.54) is 0 Å². The predicted octanol–water partition coefficient (Wildman–Crippen LogP) is 2.62. The molecule has 0 bridgehead atoms. The molecule has 1 saturated heterocycles. The van der Waals surface area contributed by atoms with Crippen molar-refractivity contribution >= 4 is 34.8 Å². The Balaban J connectivity index is 1.55. The molecule has 0 atom stereocenters. The zero-order chi connectivity index (χ0) is 23.6. The van der Waals surface area contributed by atoms with Crippen LogP contribution in [0.25, 0.3) is 0 Å². The van der Waals surface area contributed by atoms with Gasteiger partial charge in [0.1, 0.15) is 12.4 Å². The topological polar surface area (TPSA) is 83.1 Å². The van der Waals surface area contributed by atoms with Crippen molar-refractivity contribution in [2.75, 3.05) is 58.4 Å². The largest absolute Gasteiger partial charge is 0.491 e. The van der Waals surface area contributed by atoms with Gasteiger partial charge in [-0.1, -0.05) is 12.1 Å². The Bertz CT molecular complexity index is 976. The van der Waals surface area contributed by atoms with Crippen molar-refractivity contribution in [1.82, 2.24) is 15.1 Å². The fraction of sp³-hybridized carbons (Fsp3) is 0.375. The first-order chi connectivity index (χ1) is 16.0. The minimum Gasteiger partial charge on any atom is -0.491 e. The molecule has 0 unspecified atom stereocenters. The van der Waals surface area contributed by atoms with Gasteiger partial charge in [0.25, 0.3) is 11.8 Å². The lowest BCUT2D eigenvalue weighted by atomic mass is 10.1. The van der Waals surface area contributed by atoms with Crippen LogP contribution in [0.5, 0.6) is 5.75 Å². The van der Waals surface area contributed by atoms with Gasteiger partial charge in [-0.05, 0) is 62.6 Å². The molecule has 9 heteroatoms. The second-order valence-electron chi connectivity index (χ2n) is 7.66. The molecular weight excluding hydrogens is 440 g/mol. The number of thiocarbonyl (C=S) groups is 1. The quantitative estimate of drug-likeness (QED) is 0.453. The van der Waals surface area contributed by atoms with E-state index in [1.54, 1.807) is 48.5 Å². The number of benzene rings is 2. The molecule has 0 aliphatic carbocycles. The zero-order valence-corrected chi connectivity index (χ0v) is 19.8. The average Bonchev–Trinajstić information content (AvgIpc) is 2.82. The second-order valence-corrected chi connectivity index (χ2v) is 8.07. The van der Waals surface area contributed by atoms with Gasteiger partial charge in [0, 0.05) is 49.6 Å². The normalized spacial score (nSPS) is 13.9. The number of hydrogen-bond donors (Lipinski definition) is 2. The molecule has 2 amide bonds. The molecule has 2 aromatic rings. The maximum absolute atomic E-state index is 12.8. The number of rotatable bonds is 8. The zero-order valence-electron chi connectivity index (χ0n) is 19.0. The fourth-order valence-corrected chi connectivity index (χ4v) is 3.56. The van der Waals surface area contributed by atoms with Gasteiger partial charge in [0.15, 0.2) is 5.11 Å². The summed E-state index contributed by atoms with van der Waals surface area (Å²) in [6, 6.07) is 14.0. The molecule has 1 aliphatic rings. The minimum atomic E-state index is -0.354. The van der Waals surface area contributed by atoms with Crippen LogP contribution < -0.4 is 15.4 Å². The standard InChI is InChI=1S/C24H30N4O4S/c1-3-31-14-15-32-21-9-5-6-18(17-21)22(29)26-24(33)25-20-8-4-7-19(16-20)23(30)28-12-10-27(2)11-13-28/h4-9,16-17H,3,10-15H2,1-2H3,(H2,25,26,29,33). The number of amides is 2. The molecule has 176 valence electrons. The van der Waals surface area contributed by atoms with Crippen LogP contribution in [-0.2, 0) is 4.74 Å². The molecule has 1 fully saturated rings.